The summed E-state index contributed by atoms with van der Waals surface area (Å²) in [7, 11) is 0. The molecule has 0 radical (unpaired) electrons. The summed E-state index contributed by atoms with van der Waals surface area (Å²) in [6.07, 6.45) is 6.61. The van der Waals surface area contributed by atoms with Crippen molar-refractivity contribution in [2.45, 2.75) is 78.6 Å². The van der Waals surface area contributed by atoms with E-state index in [1.165, 1.54) is 4.91 Å². The maximum absolute atomic E-state index is 11.1. The largest absolute Gasteiger partial charge is 1.00 e. The van der Waals surface area contributed by atoms with Gasteiger partial charge in [0.1, 0.15) is 13.2 Å². The van der Waals surface area contributed by atoms with Crippen LogP contribution in [0.5, 0.6) is 0 Å². The fraction of sp³-hybridized carbons (Fsp3) is 0.889. The average Bonchev–Trinajstić information content (AvgIpc) is 3.02. The minimum Gasteiger partial charge on any atom is -0.463 e. The Morgan fingerprint density at radius 2 is 1.09 bits per heavy atom. The van der Waals surface area contributed by atoms with Crippen LogP contribution in [0.2, 0.25) is 0 Å². The molecule has 0 aromatic heterocycles. The van der Waals surface area contributed by atoms with Crippen molar-refractivity contribution in [2.75, 3.05) is 76.7 Å². The van der Waals surface area contributed by atoms with Crippen molar-refractivity contribution in [3.05, 3.63) is 26.4 Å². The number of aliphatic hydroxyl groups excluding tert-OH is 1. The number of carbonyl (C=O) groups is 3. The number of nitrogens with zero attached hydrogens (tertiary/aromatic N) is 6. The third-order valence-electron chi connectivity index (χ3n) is 4.30. The molecule has 0 saturated carbocycles. The van der Waals surface area contributed by atoms with E-state index in [0.717, 1.165) is 36.3 Å². The predicted octanol–water partition coefficient (Wildman–Crippen LogP) is 4.38. The summed E-state index contributed by atoms with van der Waals surface area (Å²) in [5, 5.41) is 13.1. The van der Waals surface area contributed by atoms with E-state index in [2.05, 4.69) is 41.9 Å². The number of aliphatic hydroxyl groups is 1. The normalized spacial score (nSPS) is 8.85. The monoisotopic (exact) mass is 820 g/mol. The van der Waals surface area contributed by atoms with E-state index in [-0.39, 0.29) is 53.3 Å². The molecule has 0 spiro atoms. The molecule has 46 heavy (non-hydrogen) atoms. The van der Waals surface area contributed by atoms with E-state index < -0.39 is 0 Å². The minimum absolute atomic E-state index is 0. The predicted molar refractivity (Wildman–Crippen MR) is 183 cm³/mol. The number of alkyl halides is 2. The Balaban J connectivity index is -0.000000117. The molecule has 266 valence electrons. The molecule has 0 aliphatic heterocycles. The second-order valence-electron chi connectivity index (χ2n) is 7.90. The number of ether oxygens (including phenoxy) is 5. The van der Waals surface area contributed by atoms with Crippen molar-refractivity contribution in [2.24, 2.45) is 5.11 Å². The molecule has 0 fully saturated rings. The van der Waals surface area contributed by atoms with E-state index in [4.69, 9.17) is 57.0 Å². The SMILES string of the molecule is CCOCCO.CCOCCOC(=O)CCCCBr.CCOCCOC(=O)CCCCN=[N+]=[N-].O=C(Cl)CCCCBr.[N-]=[N+]=[N-].[Na+]. The summed E-state index contributed by atoms with van der Waals surface area (Å²) in [4.78, 5) is 36.2. The van der Waals surface area contributed by atoms with Crippen LogP contribution in [0.3, 0.4) is 0 Å². The molecule has 0 atom stereocenters. The zero-order valence-corrected chi connectivity index (χ0v) is 33.8. The zero-order chi connectivity index (χ0) is 35.2. The fourth-order valence-corrected chi connectivity index (χ4v) is 3.22. The van der Waals surface area contributed by atoms with Gasteiger partial charge in [-0.2, -0.15) is 0 Å². The van der Waals surface area contributed by atoms with Gasteiger partial charge in [0.25, 0.3) is 0 Å². The van der Waals surface area contributed by atoms with Crippen LogP contribution in [0.15, 0.2) is 5.11 Å². The molecule has 0 saturated heterocycles. The van der Waals surface area contributed by atoms with Crippen molar-refractivity contribution in [3.8, 4) is 0 Å². The van der Waals surface area contributed by atoms with Gasteiger partial charge >= 0.3 is 41.5 Å². The molecule has 0 aromatic carbocycles. The Bertz CT molecular complexity index is 723. The summed E-state index contributed by atoms with van der Waals surface area (Å²) in [6, 6.07) is 0. The first-order valence-corrected chi connectivity index (χ1v) is 17.3. The Hall–Kier alpha value is -0.680. The molecule has 15 nitrogen and oxygen atoms in total. The molecule has 19 heteroatoms. The van der Waals surface area contributed by atoms with Crippen molar-refractivity contribution in [1.82, 2.24) is 0 Å². The molecule has 0 heterocycles. The van der Waals surface area contributed by atoms with Gasteiger partial charge in [-0.15, -0.1) is 0 Å². The molecule has 0 aromatic rings. The van der Waals surface area contributed by atoms with Gasteiger partial charge < -0.3 is 39.9 Å². The first-order chi connectivity index (χ1) is 21.7. The summed E-state index contributed by atoms with van der Waals surface area (Å²) < 4.78 is 24.6. The van der Waals surface area contributed by atoms with Gasteiger partial charge in [0.2, 0.25) is 5.24 Å². The standard InChI is InChI=1S/C9H17BrO3.C9H17N3O3.C5H8BrClO.C4H10O2.N3.Na/c1-2-12-7-8-13-9(11)5-3-4-6-10;1-2-14-7-8-15-9(13)5-3-4-6-11-12-10;6-4-2-1-3-5(7)8;1-2-6-4-3-5;1-3-2;/h2-8H2,1H3;2-8H2,1H3;1-4H2;5H,2-4H2,1H3;;/q;;;;-1;+1. The van der Waals surface area contributed by atoms with Crippen molar-refractivity contribution < 1.29 is 72.7 Å². The molecular formula is C27H52Br2ClN6NaO9. The molecule has 0 bridgehead atoms. The van der Waals surface area contributed by atoms with Gasteiger partial charge in [-0.1, -0.05) is 37.0 Å². The van der Waals surface area contributed by atoms with E-state index in [1.54, 1.807) is 0 Å². The summed E-state index contributed by atoms with van der Waals surface area (Å²) in [5.74, 6) is -0.351. The summed E-state index contributed by atoms with van der Waals surface area (Å²) in [6.45, 7) is 10.4. The van der Waals surface area contributed by atoms with Crippen molar-refractivity contribution >= 4 is 60.6 Å². The molecule has 1 N–H and O–H groups in total. The fourth-order valence-electron chi connectivity index (χ4n) is 2.29. The number of esters is 2. The summed E-state index contributed by atoms with van der Waals surface area (Å²) >= 11 is 11.6. The molecule has 0 rings (SSSR count). The van der Waals surface area contributed by atoms with E-state index in [1.807, 2.05) is 20.8 Å². The van der Waals surface area contributed by atoms with E-state index in [9.17, 15) is 14.4 Å². The van der Waals surface area contributed by atoms with Gasteiger partial charge in [0.15, 0.2) is 0 Å². The maximum Gasteiger partial charge on any atom is 1.00 e. The van der Waals surface area contributed by atoms with Crippen LogP contribution in [0.25, 0.3) is 26.4 Å². The second-order valence-corrected chi connectivity index (χ2v) is 9.91. The van der Waals surface area contributed by atoms with E-state index >= 15 is 0 Å². The van der Waals surface area contributed by atoms with Crippen LogP contribution < -0.4 is 29.6 Å². The number of carbonyl (C=O) groups excluding carboxylic acids is 3. The summed E-state index contributed by atoms with van der Waals surface area (Å²) in [5.41, 5.74) is 21.5. The topological polar surface area (TPSA) is 225 Å². The Kier molecular flexibility index (Phi) is 74.7. The van der Waals surface area contributed by atoms with Crippen LogP contribution in [-0.2, 0) is 38.1 Å². The number of halogens is 3. The molecule has 0 aliphatic rings. The average molecular weight is 823 g/mol. The van der Waals surface area contributed by atoms with Gasteiger partial charge in [-0.3, -0.25) is 19.3 Å². The molecule has 0 amide bonds. The molecule has 0 aliphatic carbocycles. The Labute approximate surface area is 318 Å². The van der Waals surface area contributed by atoms with Gasteiger partial charge in [-0.25, -0.2) is 0 Å². The Morgan fingerprint density at radius 3 is 1.41 bits per heavy atom. The maximum atomic E-state index is 11.1. The minimum atomic E-state index is -0.231. The van der Waals surface area contributed by atoms with Crippen LogP contribution >= 0.6 is 43.5 Å². The van der Waals surface area contributed by atoms with Gasteiger partial charge in [0.05, 0.1) is 26.4 Å². The number of unbranched alkanes of at least 4 members (excludes halogenated alkanes) is 3. The third-order valence-corrected chi connectivity index (χ3v) is 5.61. The molecular weight excluding hydrogens is 771 g/mol. The number of rotatable bonds is 24. The Morgan fingerprint density at radius 1 is 0.696 bits per heavy atom. The van der Waals surface area contributed by atoms with E-state index in [0.29, 0.717) is 91.5 Å². The number of hydrogen-bond acceptors (Lipinski definition) is 10. The van der Waals surface area contributed by atoms with Crippen LogP contribution in [-0.4, -0.2) is 99.0 Å². The quantitative estimate of drug-likeness (QED) is 0.0213. The smallest absolute Gasteiger partial charge is 0.463 e. The van der Waals surface area contributed by atoms with Crippen LogP contribution in [0.1, 0.15) is 78.6 Å². The van der Waals surface area contributed by atoms with Gasteiger partial charge in [-0.05, 0) is 76.4 Å². The first-order valence-electron chi connectivity index (χ1n) is 14.7. The number of azide groups is 1. The first kappa shape index (κ1) is 57.6. The van der Waals surface area contributed by atoms with Crippen molar-refractivity contribution in [3.63, 3.8) is 0 Å². The van der Waals surface area contributed by atoms with Crippen LogP contribution in [0, 0.1) is 0 Å². The third kappa shape index (κ3) is 79.1. The van der Waals surface area contributed by atoms with Crippen LogP contribution in [0.4, 0.5) is 0 Å². The molecule has 0 unspecified atom stereocenters. The van der Waals surface area contributed by atoms with Gasteiger partial charge in [0, 0.05) is 61.2 Å². The van der Waals surface area contributed by atoms with Crippen molar-refractivity contribution in [1.29, 1.82) is 0 Å². The second kappa shape index (κ2) is 59.7. The number of hydrogen-bond donors (Lipinski definition) is 1. The zero-order valence-electron chi connectivity index (χ0n) is 27.9.